The maximum Gasteiger partial charge on any atom is 0.356 e. The summed E-state index contributed by atoms with van der Waals surface area (Å²) in [7, 11) is 1.45. The predicted molar refractivity (Wildman–Crippen MR) is 80.0 cm³/mol. The number of amides is 1. The largest absolute Gasteiger partial charge is 0.476 e. The Morgan fingerprint density at radius 1 is 1.29 bits per heavy atom. The Kier molecular flexibility index (Phi) is 3.82. The Labute approximate surface area is 134 Å². The van der Waals surface area contributed by atoms with Crippen LogP contribution in [-0.2, 0) is 7.05 Å². The van der Waals surface area contributed by atoms with E-state index in [4.69, 9.17) is 9.63 Å². The molecule has 0 aliphatic heterocycles. The molecule has 1 aromatic carbocycles. The van der Waals surface area contributed by atoms with E-state index < -0.39 is 17.7 Å². The van der Waals surface area contributed by atoms with Crippen LogP contribution in [0.25, 0.3) is 11.3 Å². The zero-order chi connectivity index (χ0) is 17.3. The van der Waals surface area contributed by atoms with E-state index in [1.807, 2.05) is 0 Å². The third kappa shape index (κ3) is 2.86. The Hall–Kier alpha value is -3.49. The van der Waals surface area contributed by atoms with Crippen molar-refractivity contribution in [2.45, 2.75) is 0 Å². The summed E-state index contributed by atoms with van der Waals surface area (Å²) in [5.41, 5.74) is 0.386. The Balaban J connectivity index is 1.82. The topological polar surface area (TPSA) is 110 Å². The normalized spacial score (nSPS) is 10.6. The lowest BCUT2D eigenvalue weighted by Crippen LogP contribution is -2.15. The highest BCUT2D eigenvalue weighted by molar-refractivity contribution is 6.06. The minimum absolute atomic E-state index is 0.0429. The number of anilines is 1. The molecule has 0 unspecified atom stereocenters. The summed E-state index contributed by atoms with van der Waals surface area (Å²) in [6, 6.07) is 6.86. The van der Waals surface area contributed by atoms with Crippen LogP contribution in [0.1, 0.15) is 21.0 Å². The van der Waals surface area contributed by atoms with Crippen LogP contribution in [0.2, 0.25) is 0 Å². The van der Waals surface area contributed by atoms with Crippen molar-refractivity contribution in [1.82, 2.24) is 14.9 Å². The molecule has 0 saturated carbocycles. The molecule has 122 valence electrons. The SMILES string of the molecule is Cn1ncc(NC(=O)c2cc(-c3ccc(F)cc3)on2)c1C(=O)O. The third-order valence-electron chi connectivity index (χ3n) is 3.26. The molecule has 2 aromatic heterocycles. The molecule has 2 heterocycles. The maximum absolute atomic E-state index is 12.9. The van der Waals surface area contributed by atoms with Gasteiger partial charge >= 0.3 is 5.97 Å². The van der Waals surface area contributed by atoms with E-state index in [0.717, 1.165) is 4.68 Å². The summed E-state index contributed by atoms with van der Waals surface area (Å²) in [6.07, 6.45) is 1.22. The molecular weight excluding hydrogens is 319 g/mol. The Morgan fingerprint density at radius 3 is 2.67 bits per heavy atom. The summed E-state index contributed by atoms with van der Waals surface area (Å²) in [4.78, 5) is 23.3. The Bertz CT molecular complexity index is 914. The summed E-state index contributed by atoms with van der Waals surface area (Å²) in [5.74, 6) is -1.99. The van der Waals surface area contributed by atoms with E-state index in [1.165, 1.54) is 43.6 Å². The number of aromatic nitrogens is 3. The smallest absolute Gasteiger partial charge is 0.356 e. The quantitative estimate of drug-likeness (QED) is 0.758. The minimum Gasteiger partial charge on any atom is -0.476 e. The van der Waals surface area contributed by atoms with Gasteiger partial charge in [-0.2, -0.15) is 5.10 Å². The van der Waals surface area contributed by atoms with Crippen molar-refractivity contribution in [3.05, 3.63) is 53.7 Å². The van der Waals surface area contributed by atoms with Gasteiger partial charge in [0.15, 0.2) is 17.1 Å². The van der Waals surface area contributed by atoms with Crippen LogP contribution in [-0.4, -0.2) is 31.9 Å². The standard InChI is InChI=1S/C15H11FN4O4/c1-20-13(15(22)23)11(7-17-20)18-14(21)10-6-12(24-19-10)8-2-4-9(16)5-3-8/h2-7H,1H3,(H,18,21)(H,22,23). The van der Waals surface area contributed by atoms with E-state index in [-0.39, 0.29) is 22.8 Å². The molecule has 2 N–H and O–H groups in total. The van der Waals surface area contributed by atoms with Crippen LogP contribution < -0.4 is 5.32 Å². The fourth-order valence-corrected chi connectivity index (χ4v) is 2.10. The predicted octanol–water partition coefficient (Wildman–Crippen LogP) is 2.16. The second kappa shape index (κ2) is 5.95. The number of carboxylic acids is 1. The number of carbonyl (C=O) groups is 2. The monoisotopic (exact) mass is 330 g/mol. The number of aryl methyl sites for hydroxylation is 1. The van der Waals surface area contributed by atoms with Crippen molar-refractivity contribution in [3.63, 3.8) is 0 Å². The number of carboxylic acid groups (broad SMARTS) is 1. The lowest BCUT2D eigenvalue weighted by molar-refractivity contribution is 0.0686. The molecule has 0 fully saturated rings. The van der Waals surface area contributed by atoms with Gasteiger partial charge in [0.25, 0.3) is 5.91 Å². The fourth-order valence-electron chi connectivity index (χ4n) is 2.10. The molecule has 0 saturated heterocycles. The maximum atomic E-state index is 12.9. The van der Waals surface area contributed by atoms with Gasteiger partial charge < -0.3 is 14.9 Å². The van der Waals surface area contributed by atoms with Crippen molar-refractivity contribution in [2.75, 3.05) is 5.32 Å². The van der Waals surface area contributed by atoms with Gasteiger partial charge in [0.05, 0.1) is 11.9 Å². The lowest BCUT2D eigenvalue weighted by atomic mass is 10.1. The third-order valence-corrected chi connectivity index (χ3v) is 3.26. The number of aromatic carboxylic acids is 1. The minimum atomic E-state index is -1.22. The highest BCUT2D eigenvalue weighted by Gasteiger charge is 2.20. The zero-order valence-electron chi connectivity index (χ0n) is 12.4. The average molecular weight is 330 g/mol. The van der Waals surface area contributed by atoms with E-state index >= 15 is 0 Å². The first-order valence-electron chi connectivity index (χ1n) is 6.75. The summed E-state index contributed by atoms with van der Waals surface area (Å²) < 4.78 is 19.1. The molecule has 0 aliphatic carbocycles. The van der Waals surface area contributed by atoms with E-state index in [2.05, 4.69) is 15.6 Å². The second-order valence-electron chi connectivity index (χ2n) is 4.87. The number of hydrogen-bond donors (Lipinski definition) is 2. The lowest BCUT2D eigenvalue weighted by Gasteiger charge is -2.02. The van der Waals surface area contributed by atoms with Gasteiger partial charge in [-0.1, -0.05) is 5.16 Å². The molecule has 24 heavy (non-hydrogen) atoms. The molecule has 3 rings (SSSR count). The molecule has 0 bridgehead atoms. The molecule has 8 nitrogen and oxygen atoms in total. The van der Waals surface area contributed by atoms with Gasteiger partial charge in [-0.15, -0.1) is 0 Å². The van der Waals surface area contributed by atoms with Crippen LogP contribution in [0, 0.1) is 5.82 Å². The number of rotatable bonds is 4. The molecule has 0 radical (unpaired) electrons. The van der Waals surface area contributed by atoms with Gasteiger partial charge in [0.1, 0.15) is 5.82 Å². The Morgan fingerprint density at radius 2 is 2.00 bits per heavy atom. The van der Waals surface area contributed by atoms with Crippen molar-refractivity contribution in [2.24, 2.45) is 7.05 Å². The highest BCUT2D eigenvalue weighted by atomic mass is 19.1. The van der Waals surface area contributed by atoms with Crippen molar-refractivity contribution in [3.8, 4) is 11.3 Å². The summed E-state index contributed by atoms with van der Waals surface area (Å²) in [6.45, 7) is 0. The number of nitrogens with zero attached hydrogens (tertiary/aromatic N) is 3. The van der Waals surface area contributed by atoms with Gasteiger partial charge in [-0.05, 0) is 24.3 Å². The van der Waals surface area contributed by atoms with Crippen LogP contribution in [0.5, 0.6) is 0 Å². The summed E-state index contributed by atoms with van der Waals surface area (Å²) >= 11 is 0. The number of nitrogens with one attached hydrogen (secondary N) is 1. The molecule has 0 atom stereocenters. The second-order valence-corrected chi connectivity index (χ2v) is 4.87. The molecule has 1 amide bonds. The fraction of sp³-hybridized carbons (Fsp3) is 0.0667. The molecule has 9 heteroatoms. The van der Waals surface area contributed by atoms with E-state index in [9.17, 15) is 14.0 Å². The van der Waals surface area contributed by atoms with Gasteiger partial charge in [0.2, 0.25) is 0 Å². The molecule has 0 spiro atoms. The van der Waals surface area contributed by atoms with Gasteiger partial charge in [-0.25, -0.2) is 9.18 Å². The number of benzene rings is 1. The van der Waals surface area contributed by atoms with Crippen LogP contribution in [0.3, 0.4) is 0 Å². The number of carbonyl (C=O) groups excluding carboxylic acids is 1. The van der Waals surface area contributed by atoms with Gasteiger partial charge in [0, 0.05) is 18.7 Å². The number of halogens is 1. The first-order valence-corrected chi connectivity index (χ1v) is 6.75. The zero-order valence-corrected chi connectivity index (χ0v) is 12.4. The first kappa shape index (κ1) is 15.4. The molecular formula is C15H11FN4O4. The van der Waals surface area contributed by atoms with Crippen molar-refractivity contribution >= 4 is 17.6 Å². The van der Waals surface area contributed by atoms with Crippen molar-refractivity contribution in [1.29, 1.82) is 0 Å². The van der Waals surface area contributed by atoms with E-state index in [0.29, 0.717) is 5.56 Å². The van der Waals surface area contributed by atoms with Crippen LogP contribution >= 0.6 is 0 Å². The molecule has 3 aromatic rings. The summed E-state index contributed by atoms with van der Waals surface area (Å²) in [5, 5.41) is 19.0. The first-order chi connectivity index (χ1) is 11.5. The van der Waals surface area contributed by atoms with E-state index in [1.54, 1.807) is 0 Å². The molecule has 0 aliphatic rings. The van der Waals surface area contributed by atoms with Crippen LogP contribution in [0.4, 0.5) is 10.1 Å². The highest BCUT2D eigenvalue weighted by Crippen LogP contribution is 2.21. The van der Waals surface area contributed by atoms with Gasteiger partial charge in [-0.3, -0.25) is 9.48 Å². The van der Waals surface area contributed by atoms with Crippen LogP contribution in [0.15, 0.2) is 41.1 Å². The van der Waals surface area contributed by atoms with Crippen molar-refractivity contribution < 1.29 is 23.6 Å². The average Bonchev–Trinajstić information content (AvgIpc) is 3.15. The number of hydrogen-bond acceptors (Lipinski definition) is 5.